The van der Waals surface area contributed by atoms with E-state index in [-0.39, 0.29) is 0 Å². The van der Waals surface area contributed by atoms with E-state index < -0.39 is 5.60 Å². The standard InChI is InChI=1S/C29H26O3/c1-4-20-19-21-7-5-6-8-26(21)28-27(20)17-18-29(32-28,22-9-13-24(30-2)14-10-22)23-11-15-25(31-3)16-12-23/h5-19H,4H2,1-3H3. The zero-order valence-electron chi connectivity index (χ0n) is 18.6. The third-order valence-electron chi connectivity index (χ3n) is 6.29. The molecule has 3 heteroatoms. The zero-order valence-corrected chi connectivity index (χ0v) is 18.6. The molecule has 0 saturated heterocycles. The van der Waals surface area contributed by atoms with Gasteiger partial charge >= 0.3 is 0 Å². The number of hydrogen-bond acceptors (Lipinski definition) is 3. The summed E-state index contributed by atoms with van der Waals surface area (Å²) in [6, 6.07) is 26.9. The van der Waals surface area contributed by atoms with Crippen molar-refractivity contribution in [3.05, 3.63) is 107 Å². The molecule has 0 atom stereocenters. The second-order valence-corrected chi connectivity index (χ2v) is 7.98. The number of rotatable bonds is 5. The SMILES string of the molecule is CCc1cc2ccccc2c2c1C=CC(c1ccc(OC)cc1)(c1ccc(OC)cc1)O2. The van der Waals surface area contributed by atoms with Gasteiger partial charge in [0, 0.05) is 22.1 Å². The third kappa shape index (κ3) is 3.21. The lowest BCUT2D eigenvalue weighted by molar-refractivity contribution is 0.163. The Hall–Kier alpha value is -3.72. The van der Waals surface area contributed by atoms with Crippen LogP contribution in [-0.2, 0) is 12.0 Å². The molecule has 160 valence electrons. The molecular weight excluding hydrogens is 396 g/mol. The highest BCUT2D eigenvalue weighted by Crippen LogP contribution is 2.46. The summed E-state index contributed by atoms with van der Waals surface area (Å²) in [6.45, 7) is 2.19. The second kappa shape index (κ2) is 8.08. The predicted octanol–water partition coefficient (Wildman–Crippen LogP) is 6.77. The van der Waals surface area contributed by atoms with Gasteiger partial charge in [-0.05, 0) is 47.7 Å². The Balaban J connectivity index is 1.75. The van der Waals surface area contributed by atoms with Crippen molar-refractivity contribution in [2.75, 3.05) is 14.2 Å². The number of aryl methyl sites for hydroxylation is 1. The fourth-order valence-electron chi connectivity index (χ4n) is 4.52. The van der Waals surface area contributed by atoms with Crippen molar-refractivity contribution in [3.8, 4) is 17.2 Å². The monoisotopic (exact) mass is 422 g/mol. The molecule has 0 saturated carbocycles. The average Bonchev–Trinajstić information content (AvgIpc) is 2.88. The largest absolute Gasteiger partial charge is 0.497 e. The second-order valence-electron chi connectivity index (χ2n) is 7.98. The summed E-state index contributed by atoms with van der Waals surface area (Å²) < 4.78 is 17.8. The van der Waals surface area contributed by atoms with Crippen LogP contribution in [-0.4, -0.2) is 14.2 Å². The predicted molar refractivity (Wildman–Crippen MR) is 130 cm³/mol. The van der Waals surface area contributed by atoms with E-state index in [9.17, 15) is 0 Å². The van der Waals surface area contributed by atoms with E-state index in [1.165, 1.54) is 10.9 Å². The lowest BCUT2D eigenvalue weighted by atomic mass is 9.82. The van der Waals surface area contributed by atoms with Crippen molar-refractivity contribution < 1.29 is 14.2 Å². The van der Waals surface area contributed by atoms with Crippen LogP contribution in [0.5, 0.6) is 17.2 Å². The Morgan fingerprint density at radius 1 is 0.781 bits per heavy atom. The van der Waals surface area contributed by atoms with E-state index in [0.29, 0.717) is 0 Å². The van der Waals surface area contributed by atoms with Crippen LogP contribution in [0.3, 0.4) is 0 Å². The van der Waals surface area contributed by atoms with Crippen LogP contribution in [0.4, 0.5) is 0 Å². The molecular formula is C29H26O3. The van der Waals surface area contributed by atoms with Gasteiger partial charge in [-0.2, -0.15) is 0 Å². The van der Waals surface area contributed by atoms with E-state index in [2.05, 4.69) is 73.7 Å². The minimum Gasteiger partial charge on any atom is -0.497 e. The Morgan fingerprint density at radius 2 is 1.38 bits per heavy atom. The van der Waals surface area contributed by atoms with E-state index >= 15 is 0 Å². The van der Waals surface area contributed by atoms with Crippen LogP contribution in [0.2, 0.25) is 0 Å². The first kappa shape index (κ1) is 20.2. The maximum atomic E-state index is 7.03. The summed E-state index contributed by atoms with van der Waals surface area (Å²) >= 11 is 0. The first-order valence-corrected chi connectivity index (χ1v) is 10.9. The van der Waals surface area contributed by atoms with E-state index in [4.69, 9.17) is 14.2 Å². The number of ether oxygens (including phenoxy) is 3. The van der Waals surface area contributed by atoms with Gasteiger partial charge in [-0.3, -0.25) is 0 Å². The van der Waals surface area contributed by atoms with Crippen molar-refractivity contribution in [2.24, 2.45) is 0 Å². The number of fused-ring (bicyclic) bond motifs is 3. The van der Waals surface area contributed by atoms with E-state index in [1.807, 2.05) is 24.3 Å². The lowest BCUT2D eigenvalue weighted by Crippen LogP contribution is -2.34. The van der Waals surface area contributed by atoms with Crippen molar-refractivity contribution >= 4 is 16.8 Å². The maximum absolute atomic E-state index is 7.03. The molecule has 5 rings (SSSR count). The number of hydrogen-bond donors (Lipinski definition) is 0. The molecule has 4 aromatic carbocycles. The van der Waals surface area contributed by atoms with Crippen LogP contribution in [0.1, 0.15) is 29.2 Å². The van der Waals surface area contributed by atoms with Gasteiger partial charge in [-0.25, -0.2) is 0 Å². The van der Waals surface area contributed by atoms with Crippen LogP contribution in [0.25, 0.3) is 16.8 Å². The molecule has 0 radical (unpaired) electrons. The van der Waals surface area contributed by atoms with Crippen LogP contribution in [0, 0.1) is 0 Å². The smallest absolute Gasteiger partial charge is 0.178 e. The average molecular weight is 423 g/mol. The van der Waals surface area contributed by atoms with Gasteiger partial charge in [0.2, 0.25) is 0 Å². The van der Waals surface area contributed by atoms with Gasteiger partial charge in [0.15, 0.2) is 5.60 Å². The Kier molecular flexibility index (Phi) is 5.10. The summed E-state index contributed by atoms with van der Waals surface area (Å²) in [5, 5.41) is 2.31. The fraction of sp³-hybridized carbons (Fsp3) is 0.172. The van der Waals surface area contributed by atoms with Gasteiger partial charge in [-0.1, -0.05) is 67.6 Å². The van der Waals surface area contributed by atoms with Crippen LogP contribution >= 0.6 is 0 Å². The van der Waals surface area contributed by atoms with Crippen LogP contribution in [0.15, 0.2) is 84.9 Å². The molecule has 0 fully saturated rings. The van der Waals surface area contributed by atoms with Crippen molar-refractivity contribution in [1.29, 1.82) is 0 Å². The van der Waals surface area contributed by atoms with Crippen LogP contribution < -0.4 is 14.2 Å². The summed E-state index contributed by atoms with van der Waals surface area (Å²) in [6.07, 6.45) is 5.34. The first-order valence-electron chi connectivity index (χ1n) is 10.9. The molecule has 0 unspecified atom stereocenters. The van der Waals surface area contributed by atoms with Gasteiger partial charge in [-0.15, -0.1) is 0 Å². The molecule has 0 aromatic heterocycles. The van der Waals surface area contributed by atoms with Crippen molar-refractivity contribution in [2.45, 2.75) is 18.9 Å². The quantitative estimate of drug-likeness (QED) is 0.355. The normalized spacial score (nSPS) is 14.0. The molecule has 0 spiro atoms. The Bertz CT molecular complexity index is 1240. The Morgan fingerprint density at radius 3 is 1.94 bits per heavy atom. The summed E-state index contributed by atoms with van der Waals surface area (Å²) in [5.41, 5.74) is 3.75. The number of benzene rings is 4. The van der Waals surface area contributed by atoms with E-state index in [0.717, 1.165) is 45.7 Å². The minimum atomic E-state index is -0.763. The molecule has 0 amide bonds. The lowest BCUT2D eigenvalue weighted by Gasteiger charge is -2.37. The first-order chi connectivity index (χ1) is 15.7. The van der Waals surface area contributed by atoms with Crippen molar-refractivity contribution in [1.82, 2.24) is 0 Å². The molecule has 3 nitrogen and oxygen atoms in total. The molecule has 0 bridgehead atoms. The molecule has 4 aromatic rings. The summed E-state index contributed by atoms with van der Waals surface area (Å²) in [4.78, 5) is 0. The molecule has 32 heavy (non-hydrogen) atoms. The third-order valence-corrected chi connectivity index (χ3v) is 6.29. The van der Waals surface area contributed by atoms with Crippen molar-refractivity contribution in [3.63, 3.8) is 0 Å². The zero-order chi connectivity index (χ0) is 22.1. The topological polar surface area (TPSA) is 27.7 Å². The molecule has 1 aliphatic heterocycles. The van der Waals surface area contributed by atoms with Gasteiger partial charge in [0.25, 0.3) is 0 Å². The summed E-state index contributed by atoms with van der Waals surface area (Å²) in [7, 11) is 3.36. The number of methoxy groups -OCH3 is 2. The van der Waals surface area contributed by atoms with E-state index in [1.54, 1.807) is 14.2 Å². The molecule has 0 N–H and O–H groups in total. The van der Waals surface area contributed by atoms with Gasteiger partial charge in [0.05, 0.1) is 14.2 Å². The highest BCUT2D eigenvalue weighted by molar-refractivity contribution is 5.94. The fourth-order valence-corrected chi connectivity index (χ4v) is 4.52. The highest BCUT2D eigenvalue weighted by Gasteiger charge is 2.38. The Labute approximate surface area is 188 Å². The molecule has 0 aliphatic carbocycles. The maximum Gasteiger partial charge on any atom is 0.178 e. The van der Waals surface area contributed by atoms with Gasteiger partial charge in [0.1, 0.15) is 17.2 Å². The van der Waals surface area contributed by atoms with Gasteiger partial charge < -0.3 is 14.2 Å². The molecule has 1 aliphatic rings. The minimum absolute atomic E-state index is 0.763. The molecule has 1 heterocycles. The summed E-state index contributed by atoms with van der Waals surface area (Å²) in [5.74, 6) is 2.56. The highest BCUT2D eigenvalue weighted by atomic mass is 16.5.